The lowest BCUT2D eigenvalue weighted by molar-refractivity contribution is -0.122. The number of urea groups is 1. The molecule has 1 heterocycles. The molecule has 4 aromatic carbocycles. The van der Waals surface area contributed by atoms with Crippen LogP contribution in [-0.4, -0.2) is 25.0 Å². The van der Waals surface area contributed by atoms with Crippen molar-refractivity contribution in [2.24, 2.45) is 0 Å². The van der Waals surface area contributed by atoms with Gasteiger partial charge in [0, 0.05) is 10.0 Å². The number of amides is 4. The van der Waals surface area contributed by atoms with Crippen LogP contribution in [0, 0.1) is 6.92 Å². The number of benzene rings is 4. The number of imide groups is 2. The minimum absolute atomic E-state index is 0.179. The van der Waals surface area contributed by atoms with Gasteiger partial charge in [-0.1, -0.05) is 64.5 Å². The van der Waals surface area contributed by atoms with Crippen molar-refractivity contribution in [2.45, 2.75) is 20.0 Å². The fraction of sp³-hybridized carbons (Fsp3) is 0.121. The van der Waals surface area contributed by atoms with Crippen molar-refractivity contribution in [3.05, 3.63) is 118 Å². The fourth-order valence-corrected chi connectivity index (χ4v) is 5.03. The summed E-state index contributed by atoms with van der Waals surface area (Å²) in [5.74, 6) is -0.507. The van der Waals surface area contributed by atoms with Crippen LogP contribution in [-0.2, 0) is 22.6 Å². The SMILES string of the molecule is C=CCc1cc(/C=C2\C(=O)NC(=O)N(c3ccc(Br)c(C)c3)C2=O)cc(OC)c1OCc1cccc2ccccc12. The molecule has 5 rings (SSSR count). The Balaban J connectivity index is 1.50. The van der Waals surface area contributed by atoms with Gasteiger partial charge < -0.3 is 9.47 Å². The Hall–Kier alpha value is -4.69. The van der Waals surface area contributed by atoms with E-state index in [2.05, 4.69) is 46.0 Å². The molecule has 0 saturated carbocycles. The zero-order valence-electron chi connectivity index (χ0n) is 22.6. The number of fused-ring (bicyclic) bond motifs is 1. The Morgan fingerprint density at radius 2 is 1.76 bits per heavy atom. The van der Waals surface area contributed by atoms with Crippen LogP contribution in [0.1, 0.15) is 22.3 Å². The predicted molar refractivity (Wildman–Crippen MR) is 163 cm³/mol. The number of hydrogen-bond acceptors (Lipinski definition) is 5. The highest BCUT2D eigenvalue weighted by atomic mass is 79.9. The largest absolute Gasteiger partial charge is 0.493 e. The van der Waals surface area contributed by atoms with Crippen molar-refractivity contribution < 1.29 is 23.9 Å². The Morgan fingerprint density at radius 1 is 0.976 bits per heavy atom. The molecule has 4 amide bonds. The normalized spacial score (nSPS) is 14.4. The van der Waals surface area contributed by atoms with E-state index in [0.717, 1.165) is 36.8 Å². The number of nitrogens with zero attached hydrogens (tertiary/aromatic N) is 1. The molecule has 0 spiro atoms. The van der Waals surface area contributed by atoms with Gasteiger partial charge in [-0.25, -0.2) is 9.69 Å². The van der Waals surface area contributed by atoms with Crippen LogP contribution < -0.4 is 19.7 Å². The molecule has 0 radical (unpaired) electrons. The molecule has 1 fully saturated rings. The molecule has 4 aromatic rings. The van der Waals surface area contributed by atoms with Gasteiger partial charge in [-0.3, -0.25) is 14.9 Å². The number of allylic oxidation sites excluding steroid dienone is 1. The molecule has 0 aromatic heterocycles. The number of barbiturate groups is 1. The molecule has 1 N–H and O–H groups in total. The molecule has 206 valence electrons. The number of rotatable bonds is 8. The Morgan fingerprint density at radius 3 is 2.51 bits per heavy atom. The van der Waals surface area contributed by atoms with Crippen molar-refractivity contribution in [3.8, 4) is 11.5 Å². The van der Waals surface area contributed by atoms with E-state index < -0.39 is 17.8 Å². The van der Waals surface area contributed by atoms with Crippen LogP contribution in [0.25, 0.3) is 16.8 Å². The molecule has 0 bridgehead atoms. The molecule has 7 nitrogen and oxygen atoms in total. The lowest BCUT2D eigenvalue weighted by Crippen LogP contribution is -2.54. The molecular formula is C33H27BrN2O5. The molecule has 0 aliphatic carbocycles. The molecule has 41 heavy (non-hydrogen) atoms. The lowest BCUT2D eigenvalue weighted by Gasteiger charge is -2.27. The van der Waals surface area contributed by atoms with E-state index in [1.807, 2.05) is 37.3 Å². The topological polar surface area (TPSA) is 84.9 Å². The number of halogens is 1. The molecule has 1 aliphatic heterocycles. The summed E-state index contributed by atoms with van der Waals surface area (Å²) in [5, 5.41) is 4.49. The molecule has 1 saturated heterocycles. The van der Waals surface area contributed by atoms with E-state index in [9.17, 15) is 14.4 Å². The second-order valence-electron chi connectivity index (χ2n) is 9.52. The van der Waals surface area contributed by atoms with Crippen LogP contribution in [0.3, 0.4) is 0 Å². The molecule has 0 atom stereocenters. The van der Waals surface area contributed by atoms with Gasteiger partial charge in [-0.15, -0.1) is 6.58 Å². The average Bonchev–Trinajstić information content (AvgIpc) is 2.96. The fourth-order valence-electron chi connectivity index (χ4n) is 4.78. The van der Waals surface area contributed by atoms with Gasteiger partial charge in [0.1, 0.15) is 12.2 Å². The van der Waals surface area contributed by atoms with Crippen LogP contribution in [0.5, 0.6) is 11.5 Å². The lowest BCUT2D eigenvalue weighted by atomic mass is 10.0. The van der Waals surface area contributed by atoms with E-state index in [0.29, 0.717) is 35.8 Å². The van der Waals surface area contributed by atoms with Gasteiger partial charge in [0.25, 0.3) is 11.8 Å². The van der Waals surface area contributed by atoms with E-state index in [-0.39, 0.29) is 5.57 Å². The van der Waals surface area contributed by atoms with Crippen LogP contribution in [0.2, 0.25) is 0 Å². The third-order valence-corrected chi connectivity index (χ3v) is 7.69. The smallest absolute Gasteiger partial charge is 0.335 e. The molecule has 1 aliphatic rings. The maximum absolute atomic E-state index is 13.4. The third kappa shape index (κ3) is 5.64. The van der Waals surface area contributed by atoms with Gasteiger partial charge in [0.05, 0.1) is 12.8 Å². The van der Waals surface area contributed by atoms with Gasteiger partial charge >= 0.3 is 6.03 Å². The predicted octanol–water partition coefficient (Wildman–Crippen LogP) is 6.89. The highest BCUT2D eigenvalue weighted by Crippen LogP contribution is 2.36. The van der Waals surface area contributed by atoms with E-state index in [4.69, 9.17) is 9.47 Å². The first-order valence-electron chi connectivity index (χ1n) is 12.9. The number of methoxy groups -OCH3 is 1. The highest BCUT2D eigenvalue weighted by Gasteiger charge is 2.37. The first-order chi connectivity index (χ1) is 19.8. The van der Waals surface area contributed by atoms with Crippen LogP contribution in [0.4, 0.5) is 10.5 Å². The molecule has 0 unspecified atom stereocenters. The van der Waals surface area contributed by atoms with Gasteiger partial charge in [-0.05, 0) is 77.2 Å². The summed E-state index contributed by atoms with van der Waals surface area (Å²) in [6.07, 6.45) is 3.65. The Kier molecular flexibility index (Phi) is 8.03. The molecular weight excluding hydrogens is 584 g/mol. The van der Waals surface area contributed by atoms with Crippen molar-refractivity contribution in [3.63, 3.8) is 0 Å². The second kappa shape index (κ2) is 11.8. The zero-order chi connectivity index (χ0) is 29.1. The number of nitrogens with one attached hydrogen (secondary N) is 1. The maximum Gasteiger partial charge on any atom is 0.335 e. The Labute approximate surface area is 246 Å². The average molecular weight is 611 g/mol. The minimum atomic E-state index is -0.805. The van der Waals surface area contributed by atoms with E-state index in [1.54, 1.807) is 30.3 Å². The van der Waals surface area contributed by atoms with Gasteiger partial charge in [-0.2, -0.15) is 0 Å². The number of anilines is 1. The van der Waals surface area contributed by atoms with Gasteiger partial charge in [0.2, 0.25) is 0 Å². The van der Waals surface area contributed by atoms with Crippen LogP contribution in [0.15, 0.2) is 95.5 Å². The zero-order valence-corrected chi connectivity index (χ0v) is 24.2. The van der Waals surface area contributed by atoms with Crippen molar-refractivity contribution in [2.75, 3.05) is 12.0 Å². The maximum atomic E-state index is 13.4. The third-order valence-electron chi connectivity index (χ3n) is 6.80. The van der Waals surface area contributed by atoms with Crippen molar-refractivity contribution in [1.29, 1.82) is 0 Å². The summed E-state index contributed by atoms with van der Waals surface area (Å²) >= 11 is 3.42. The number of carbonyl (C=O) groups excluding carboxylic acids is 3. The summed E-state index contributed by atoms with van der Waals surface area (Å²) in [5.41, 5.74) is 3.35. The Bertz CT molecular complexity index is 1740. The first kappa shape index (κ1) is 27.9. The van der Waals surface area contributed by atoms with Gasteiger partial charge in [0.15, 0.2) is 11.5 Å². The summed E-state index contributed by atoms with van der Waals surface area (Å²) in [6, 6.07) is 22.0. The van der Waals surface area contributed by atoms with Crippen LogP contribution >= 0.6 is 15.9 Å². The number of aryl methyl sites for hydroxylation is 1. The number of carbonyl (C=O) groups is 3. The minimum Gasteiger partial charge on any atom is -0.493 e. The second-order valence-corrected chi connectivity index (χ2v) is 10.4. The quantitative estimate of drug-likeness (QED) is 0.133. The standard InChI is InChI=1S/C33H27BrN2O5/c1-4-8-23-16-21(17-27-31(37)35-33(39)36(32(27)38)25-13-14-28(34)20(2)15-25)18-29(40-3)30(23)41-19-24-11-7-10-22-9-5-6-12-26(22)24/h4-7,9-18H,1,8,19H2,2-3H3,(H,35,37,39)/b27-17+. The number of ether oxygens (including phenoxy) is 2. The summed E-state index contributed by atoms with van der Waals surface area (Å²) < 4.78 is 12.8. The van der Waals surface area contributed by atoms with E-state index >= 15 is 0 Å². The summed E-state index contributed by atoms with van der Waals surface area (Å²) in [4.78, 5) is 39.8. The first-order valence-corrected chi connectivity index (χ1v) is 13.7. The number of hydrogen-bond donors (Lipinski definition) is 1. The summed E-state index contributed by atoms with van der Waals surface area (Å²) in [7, 11) is 1.53. The van der Waals surface area contributed by atoms with Crippen molar-refractivity contribution in [1.82, 2.24) is 5.32 Å². The summed E-state index contributed by atoms with van der Waals surface area (Å²) in [6.45, 7) is 6.03. The highest BCUT2D eigenvalue weighted by molar-refractivity contribution is 9.10. The van der Waals surface area contributed by atoms with Crippen molar-refractivity contribution >= 4 is 56.3 Å². The monoisotopic (exact) mass is 610 g/mol. The van der Waals surface area contributed by atoms with E-state index in [1.165, 1.54) is 13.2 Å². The molecule has 8 heteroatoms.